The van der Waals surface area contributed by atoms with Gasteiger partial charge >= 0.3 is 0 Å². The van der Waals surface area contributed by atoms with Crippen molar-refractivity contribution in [3.05, 3.63) is 59.7 Å². The SMILES string of the molecule is Cc1cccc(CN2CCC(n3c(C4CCNC4)nc4ccccc43)CC2)n1. The van der Waals surface area contributed by atoms with Crippen LogP contribution in [-0.2, 0) is 6.54 Å². The highest BCUT2D eigenvalue weighted by atomic mass is 15.2. The quantitative estimate of drug-likeness (QED) is 0.756. The number of benzene rings is 1. The minimum Gasteiger partial charge on any atom is -0.324 e. The molecule has 146 valence electrons. The standard InChI is InChI=1S/C23H29N5/c1-17-5-4-6-19(25-17)16-27-13-10-20(11-14-27)28-22-8-3-2-7-21(22)26-23(28)18-9-12-24-15-18/h2-8,18,20,24H,9-16H2,1H3. The lowest BCUT2D eigenvalue weighted by atomic mass is 10.0. The summed E-state index contributed by atoms with van der Waals surface area (Å²) >= 11 is 0. The van der Waals surface area contributed by atoms with Gasteiger partial charge in [0.1, 0.15) is 5.82 Å². The fourth-order valence-corrected chi connectivity index (χ4v) is 4.86. The van der Waals surface area contributed by atoms with Crippen molar-refractivity contribution in [2.45, 2.75) is 44.7 Å². The summed E-state index contributed by atoms with van der Waals surface area (Å²) in [6.07, 6.45) is 3.56. The van der Waals surface area contributed by atoms with E-state index in [9.17, 15) is 0 Å². The van der Waals surface area contributed by atoms with Crippen LogP contribution in [0, 0.1) is 6.92 Å². The van der Waals surface area contributed by atoms with Crippen LogP contribution in [0.4, 0.5) is 0 Å². The van der Waals surface area contributed by atoms with E-state index in [1.54, 1.807) is 0 Å². The predicted octanol–water partition coefficient (Wildman–Crippen LogP) is 3.65. The van der Waals surface area contributed by atoms with Crippen molar-refractivity contribution in [2.75, 3.05) is 26.2 Å². The number of rotatable bonds is 4. The van der Waals surface area contributed by atoms with Gasteiger partial charge in [-0.1, -0.05) is 18.2 Å². The van der Waals surface area contributed by atoms with E-state index in [1.165, 1.54) is 36.3 Å². The number of aryl methyl sites for hydroxylation is 1. The molecule has 5 heteroatoms. The Bertz CT molecular complexity index is 949. The molecule has 0 saturated carbocycles. The van der Waals surface area contributed by atoms with Gasteiger partial charge < -0.3 is 9.88 Å². The fraction of sp³-hybridized carbons (Fsp3) is 0.478. The summed E-state index contributed by atoms with van der Waals surface area (Å²) < 4.78 is 2.58. The average molecular weight is 376 g/mol. The predicted molar refractivity (Wildman–Crippen MR) is 112 cm³/mol. The van der Waals surface area contributed by atoms with Gasteiger partial charge in [0.05, 0.1) is 16.7 Å². The Morgan fingerprint density at radius 2 is 1.86 bits per heavy atom. The molecule has 28 heavy (non-hydrogen) atoms. The Morgan fingerprint density at radius 1 is 1.00 bits per heavy atom. The summed E-state index contributed by atoms with van der Waals surface area (Å²) in [6, 6.07) is 15.5. The van der Waals surface area contributed by atoms with Gasteiger partial charge in [0, 0.05) is 43.8 Å². The molecule has 1 aromatic carbocycles. The number of aromatic nitrogens is 3. The second kappa shape index (κ2) is 7.64. The summed E-state index contributed by atoms with van der Waals surface area (Å²) in [5, 5.41) is 3.52. The summed E-state index contributed by atoms with van der Waals surface area (Å²) in [6.45, 7) is 7.43. The molecule has 5 rings (SSSR count). The molecule has 4 heterocycles. The number of nitrogens with zero attached hydrogens (tertiary/aromatic N) is 4. The van der Waals surface area contributed by atoms with Crippen molar-refractivity contribution in [2.24, 2.45) is 0 Å². The summed E-state index contributed by atoms with van der Waals surface area (Å²) in [7, 11) is 0. The normalized spacial score (nSPS) is 21.5. The van der Waals surface area contributed by atoms with Crippen LogP contribution in [0.3, 0.4) is 0 Å². The molecule has 0 aliphatic carbocycles. The Hall–Kier alpha value is -2.24. The van der Waals surface area contributed by atoms with Crippen LogP contribution < -0.4 is 5.32 Å². The number of fused-ring (bicyclic) bond motifs is 1. The molecule has 5 nitrogen and oxygen atoms in total. The second-order valence-corrected chi connectivity index (χ2v) is 8.30. The average Bonchev–Trinajstić information content (AvgIpc) is 3.36. The van der Waals surface area contributed by atoms with Crippen molar-refractivity contribution >= 4 is 11.0 Å². The van der Waals surface area contributed by atoms with Crippen LogP contribution in [-0.4, -0.2) is 45.6 Å². The van der Waals surface area contributed by atoms with Crippen LogP contribution in [0.5, 0.6) is 0 Å². The Labute approximate surface area is 166 Å². The second-order valence-electron chi connectivity index (χ2n) is 8.30. The van der Waals surface area contributed by atoms with Crippen molar-refractivity contribution in [1.82, 2.24) is 24.8 Å². The smallest absolute Gasteiger partial charge is 0.114 e. The van der Waals surface area contributed by atoms with Gasteiger partial charge in [-0.2, -0.15) is 0 Å². The topological polar surface area (TPSA) is 46.0 Å². The Morgan fingerprint density at radius 3 is 2.64 bits per heavy atom. The molecule has 0 amide bonds. The van der Waals surface area contributed by atoms with E-state index < -0.39 is 0 Å². The maximum Gasteiger partial charge on any atom is 0.114 e. The third-order valence-electron chi connectivity index (χ3n) is 6.30. The molecule has 0 bridgehead atoms. The molecular weight excluding hydrogens is 346 g/mol. The molecule has 0 spiro atoms. The third-order valence-corrected chi connectivity index (χ3v) is 6.30. The van der Waals surface area contributed by atoms with Gasteiger partial charge in [0.15, 0.2) is 0 Å². The van der Waals surface area contributed by atoms with Crippen molar-refractivity contribution < 1.29 is 0 Å². The molecule has 3 aromatic rings. The van der Waals surface area contributed by atoms with Gasteiger partial charge in [-0.25, -0.2) is 4.98 Å². The van der Waals surface area contributed by atoms with Gasteiger partial charge in [0.2, 0.25) is 0 Å². The molecule has 2 aliphatic heterocycles. The number of pyridine rings is 1. The van der Waals surface area contributed by atoms with E-state index in [0.717, 1.165) is 43.9 Å². The summed E-state index contributed by atoms with van der Waals surface area (Å²) in [5.74, 6) is 1.84. The zero-order valence-electron chi connectivity index (χ0n) is 16.6. The van der Waals surface area contributed by atoms with Gasteiger partial charge in [-0.3, -0.25) is 9.88 Å². The zero-order valence-corrected chi connectivity index (χ0v) is 16.6. The van der Waals surface area contributed by atoms with E-state index >= 15 is 0 Å². The summed E-state index contributed by atoms with van der Waals surface area (Å²) in [5.41, 5.74) is 4.75. The van der Waals surface area contributed by atoms with Gasteiger partial charge in [0.25, 0.3) is 0 Å². The van der Waals surface area contributed by atoms with Crippen molar-refractivity contribution in [1.29, 1.82) is 0 Å². The fourth-order valence-electron chi connectivity index (χ4n) is 4.86. The monoisotopic (exact) mass is 375 g/mol. The molecule has 2 aliphatic rings. The zero-order chi connectivity index (χ0) is 18.9. The molecule has 2 aromatic heterocycles. The van der Waals surface area contributed by atoms with Gasteiger partial charge in [-0.05, 0) is 57.0 Å². The Balaban J connectivity index is 1.36. The highest BCUT2D eigenvalue weighted by Gasteiger charge is 2.29. The first-order valence-electron chi connectivity index (χ1n) is 10.6. The van der Waals surface area contributed by atoms with E-state index in [0.29, 0.717) is 12.0 Å². The largest absolute Gasteiger partial charge is 0.324 e. The minimum atomic E-state index is 0.543. The van der Waals surface area contributed by atoms with Crippen molar-refractivity contribution in [3.8, 4) is 0 Å². The number of imidazole rings is 1. The summed E-state index contributed by atoms with van der Waals surface area (Å²) in [4.78, 5) is 12.3. The molecule has 2 fully saturated rings. The highest BCUT2D eigenvalue weighted by molar-refractivity contribution is 5.76. The van der Waals surface area contributed by atoms with Crippen molar-refractivity contribution in [3.63, 3.8) is 0 Å². The van der Waals surface area contributed by atoms with Crippen LogP contribution in [0.1, 0.15) is 48.4 Å². The van der Waals surface area contributed by atoms with E-state index in [1.807, 2.05) is 0 Å². The number of piperidine rings is 1. The maximum atomic E-state index is 5.07. The van der Waals surface area contributed by atoms with Crippen LogP contribution in [0.2, 0.25) is 0 Å². The number of para-hydroxylation sites is 2. The van der Waals surface area contributed by atoms with Gasteiger partial charge in [-0.15, -0.1) is 0 Å². The first-order chi connectivity index (χ1) is 13.8. The highest BCUT2D eigenvalue weighted by Crippen LogP contribution is 2.33. The van der Waals surface area contributed by atoms with Crippen LogP contribution >= 0.6 is 0 Å². The van der Waals surface area contributed by atoms with Crippen LogP contribution in [0.25, 0.3) is 11.0 Å². The third kappa shape index (κ3) is 3.45. The van der Waals surface area contributed by atoms with E-state index in [-0.39, 0.29) is 0 Å². The maximum absolute atomic E-state index is 5.07. The molecule has 1 atom stereocenters. The number of hydrogen-bond acceptors (Lipinski definition) is 4. The first-order valence-corrected chi connectivity index (χ1v) is 10.6. The lowest BCUT2D eigenvalue weighted by Crippen LogP contribution is -2.35. The lowest BCUT2D eigenvalue weighted by molar-refractivity contribution is 0.177. The number of likely N-dealkylation sites (tertiary alicyclic amines) is 1. The molecule has 1 N–H and O–H groups in total. The van der Waals surface area contributed by atoms with Crippen LogP contribution in [0.15, 0.2) is 42.5 Å². The minimum absolute atomic E-state index is 0.543. The molecular formula is C23H29N5. The molecule has 1 unspecified atom stereocenters. The first kappa shape index (κ1) is 17.8. The lowest BCUT2D eigenvalue weighted by Gasteiger charge is -2.34. The van der Waals surface area contributed by atoms with E-state index in [2.05, 4.69) is 69.2 Å². The van der Waals surface area contributed by atoms with E-state index in [4.69, 9.17) is 4.98 Å². The Kier molecular flexibility index (Phi) is 4.87. The molecule has 2 saturated heterocycles. The number of nitrogens with one attached hydrogen (secondary N) is 1. The molecule has 0 radical (unpaired) electrons. The number of hydrogen-bond donors (Lipinski definition) is 1.